The summed E-state index contributed by atoms with van der Waals surface area (Å²) in [5.74, 6) is 0.865. The molecule has 5 heteroatoms. The second-order valence-corrected chi connectivity index (χ2v) is 4.87. The van der Waals surface area contributed by atoms with E-state index in [-0.39, 0.29) is 12.5 Å². The lowest BCUT2D eigenvalue weighted by Crippen LogP contribution is -2.36. The Morgan fingerprint density at radius 2 is 2.25 bits per heavy atom. The van der Waals surface area contributed by atoms with Gasteiger partial charge in [0.05, 0.1) is 6.54 Å². The molecule has 1 aromatic rings. The van der Waals surface area contributed by atoms with Gasteiger partial charge in [0, 0.05) is 6.54 Å². The predicted octanol–water partition coefficient (Wildman–Crippen LogP) is 1.79. The third kappa shape index (κ3) is 4.18. The van der Waals surface area contributed by atoms with Gasteiger partial charge in [-0.3, -0.25) is 4.79 Å². The smallest absolute Gasteiger partial charge is 0.236 e. The van der Waals surface area contributed by atoms with E-state index in [0.717, 1.165) is 17.0 Å². The second kappa shape index (κ2) is 5.84. The standard InChI is InChI=1S/C11H16BrN3O/c1-8(2)6-15(7-10(13)16)11-5-3-4-9(12)14-11/h3-5,8H,6-7H2,1-2H3,(H2,13,16). The highest BCUT2D eigenvalue weighted by atomic mass is 79.9. The van der Waals surface area contributed by atoms with Gasteiger partial charge in [-0.25, -0.2) is 4.98 Å². The Morgan fingerprint density at radius 1 is 1.56 bits per heavy atom. The molecule has 0 atom stereocenters. The second-order valence-electron chi connectivity index (χ2n) is 4.06. The molecule has 0 aromatic carbocycles. The summed E-state index contributed by atoms with van der Waals surface area (Å²) in [5, 5.41) is 0. The van der Waals surface area contributed by atoms with E-state index in [1.807, 2.05) is 23.1 Å². The molecule has 1 amide bonds. The number of primary amides is 1. The highest BCUT2D eigenvalue weighted by Crippen LogP contribution is 2.15. The first-order valence-electron chi connectivity index (χ1n) is 5.15. The first-order chi connectivity index (χ1) is 7.49. The number of aromatic nitrogens is 1. The number of halogens is 1. The Balaban J connectivity index is 2.86. The fourth-order valence-electron chi connectivity index (χ4n) is 1.44. The Hall–Kier alpha value is -1.10. The molecule has 0 aliphatic rings. The van der Waals surface area contributed by atoms with Crippen LogP contribution in [0.1, 0.15) is 13.8 Å². The van der Waals surface area contributed by atoms with Gasteiger partial charge in [0.15, 0.2) is 0 Å². The lowest BCUT2D eigenvalue weighted by atomic mass is 10.2. The molecule has 4 nitrogen and oxygen atoms in total. The quantitative estimate of drug-likeness (QED) is 0.839. The molecule has 0 unspecified atom stereocenters. The zero-order valence-electron chi connectivity index (χ0n) is 9.48. The van der Waals surface area contributed by atoms with Crippen LogP contribution in [0.4, 0.5) is 5.82 Å². The van der Waals surface area contributed by atoms with E-state index in [1.165, 1.54) is 0 Å². The van der Waals surface area contributed by atoms with Crippen LogP contribution in [-0.4, -0.2) is 24.0 Å². The summed E-state index contributed by atoms with van der Waals surface area (Å²) in [7, 11) is 0. The van der Waals surface area contributed by atoms with Crippen molar-refractivity contribution in [3.8, 4) is 0 Å². The Labute approximate surface area is 104 Å². The molecule has 88 valence electrons. The van der Waals surface area contributed by atoms with Crippen molar-refractivity contribution >= 4 is 27.7 Å². The van der Waals surface area contributed by atoms with Crippen LogP contribution in [-0.2, 0) is 4.79 Å². The van der Waals surface area contributed by atoms with Crippen molar-refractivity contribution in [1.29, 1.82) is 0 Å². The molecular formula is C11H16BrN3O. The van der Waals surface area contributed by atoms with Crippen molar-refractivity contribution in [2.24, 2.45) is 11.7 Å². The highest BCUT2D eigenvalue weighted by molar-refractivity contribution is 9.10. The van der Waals surface area contributed by atoms with Crippen molar-refractivity contribution in [1.82, 2.24) is 4.98 Å². The van der Waals surface area contributed by atoms with Gasteiger partial charge in [0.1, 0.15) is 10.4 Å². The fraction of sp³-hybridized carbons (Fsp3) is 0.455. The summed E-state index contributed by atoms with van der Waals surface area (Å²) in [6, 6.07) is 5.61. The average molecular weight is 286 g/mol. The molecule has 0 fully saturated rings. The summed E-state index contributed by atoms with van der Waals surface area (Å²) >= 11 is 3.31. The van der Waals surface area contributed by atoms with E-state index >= 15 is 0 Å². The number of anilines is 1. The number of amides is 1. The van der Waals surface area contributed by atoms with Gasteiger partial charge < -0.3 is 10.6 Å². The summed E-state index contributed by atoms with van der Waals surface area (Å²) in [5.41, 5.74) is 5.22. The van der Waals surface area contributed by atoms with Crippen LogP contribution in [0.25, 0.3) is 0 Å². The fourth-order valence-corrected chi connectivity index (χ4v) is 1.78. The third-order valence-electron chi connectivity index (χ3n) is 1.96. The minimum Gasteiger partial charge on any atom is -0.368 e. The van der Waals surface area contributed by atoms with Crippen molar-refractivity contribution in [2.45, 2.75) is 13.8 Å². The Kier molecular flexibility index (Phi) is 4.73. The number of nitrogens with two attached hydrogens (primary N) is 1. The lowest BCUT2D eigenvalue weighted by molar-refractivity contribution is -0.116. The minimum absolute atomic E-state index is 0.196. The zero-order chi connectivity index (χ0) is 12.1. The van der Waals surface area contributed by atoms with E-state index in [0.29, 0.717) is 5.92 Å². The van der Waals surface area contributed by atoms with E-state index < -0.39 is 0 Å². The molecule has 16 heavy (non-hydrogen) atoms. The highest BCUT2D eigenvalue weighted by Gasteiger charge is 2.12. The van der Waals surface area contributed by atoms with Gasteiger partial charge in [-0.05, 0) is 34.0 Å². The molecular weight excluding hydrogens is 270 g/mol. The third-order valence-corrected chi connectivity index (χ3v) is 2.40. The molecule has 0 saturated heterocycles. The molecule has 0 bridgehead atoms. The Morgan fingerprint density at radius 3 is 2.75 bits per heavy atom. The van der Waals surface area contributed by atoms with Gasteiger partial charge in [-0.15, -0.1) is 0 Å². The zero-order valence-corrected chi connectivity index (χ0v) is 11.1. The van der Waals surface area contributed by atoms with Crippen LogP contribution in [0.15, 0.2) is 22.8 Å². The van der Waals surface area contributed by atoms with Gasteiger partial charge in [0.2, 0.25) is 5.91 Å². The van der Waals surface area contributed by atoms with Crippen molar-refractivity contribution < 1.29 is 4.79 Å². The molecule has 0 aliphatic heterocycles. The molecule has 1 aromatic heterocycles. The van der Waals surface area contributed by atoms with Crippen molar-refractivity contribution in [3.63, 3.8) is 0 Å². The minimum atomic E-state index is -0.345. The van der Waals surface area contributed by atoms with Crippen LogP contribution in [0, 0.1) is 5.92 Å². The summed E-state index contributed by atoms with van der Waals surface area (Å²) in [6.07, 6.45) is 0. The number of rotatable bonds is 5. The van der Waals surface area contributed by atoms with Crippen LogP contribution >= 0.6 is 15.9 Å². The number of hydrogen-bond donors (Lipinski definition) is 1. The average Bonchev–Trinajstić information content (AvgIpc) is 2.15. The maximum Gasteiger partial charge on any atom is 0.236 e. The number of nitrogens with zero attached hydrogens (tertiary/aromatic N) is 2. The number of carbonyl (C=O) groups excluding carboxylic acids is 1. The number of carbonyl (C=O) groups is 1. The van der Waals surface area contributed by atoms with Crippen LogP contribution in [0.5, 0.6) is 0 Å². The molecule has 0 radical (unpaired) electrons. The molecule has 1 rings (SSSR count). The van der Waals surface area contributed by atoms with E-state index in [4.69, 9.17) is 5.73 Å². The van der Waals surface area contributed by atoms with Gasteiger partial charge in [0.25, 0.3) is 0 Å². The summed E-state index contributed by atoms with van der Waals surface area (Å²) in [6.45, 7) is 5.13. The lowest BCUT2D eigenvalue weighted by Gasteiger charge is -2.24. The van der Waals surface area contributed by atoms with Crippen molar-refractivity contribution in [2.75, 3.05) is 18.0 Å². The number of hydrogen-bond acceptors (Lipinski definition) is 3. The summed E-state index contributed by atoms with van der Waals surface area (Å²) < 4.78 is 0.753. The normalized spacial score (nSPS) is 10.5. The van der Waals surface area contributed by atoms with Crippen molar-refractivity contribution in [3.05, 3.63) is 22.8 Å². The van der Waals surface area contributed by atoms with Gasteiger partial charge in [-0.1, -0.05) is 19.9 Å². The maximum atomic E-state index is 11.0. The van der Waals surface area contributed by atoms with Crippen LogP contribution in [0.2, 0.25) is 0 Å². The Bertz CT molecular complexity index is 368. The molecule has 0 aliphatic carbocycles. The molecule has 0 saturated carbocycles. The molecule has 1 heterocycles. The number of pyridine rings is 1. The summed E-state index contributed by atoms with van der Waals surface area (Å²) in [4.78, 5) is 17.2. The van der Waals surface area contributed by atoms with E-state index in [1.54, 1.807) is 0 Å². The first-order valence-corrected chi connectivity index (χ1v) is 5.94. The van der Waals surface area contributed by atoms with Gasteiger partial charge >= 0.3 is 0 Å². The van der Waals surface area contributed by atoms with Crippen LogP contribution < -0.4 is 10.6 Å². The SMILES string of the molecule is CC(C)CN(CC(N)=O)c1cccc(Br)n1. The predicted molar refractivity (Wildman–Crippen MR) is 68.2 cm³/mol. The monoisotopic (exact) mass is 285 g/mol. The molecule has 0 spiro atoms. The van der Waals surface area contributed by atoms with Crippen LogP contribution in [0.3, 0.4) is 0 Å². The first kappa shape index (κ1) is 13.0. The molecule has 2 N–H and O–H groups in total. The maximum absolute atomic E-state index is 11.0. The topological polar surface area (TPSA) is 59.2 Å². The van der Waals surface area contributed by atoms with E-state index in [2.05, 4.69) is 34.8 Å². The largest absolute Gasteiger partial charge is 0.368 e. The van der Waals surface area contributed by atoms with E-state index in [9.17, 15) is 4.79 Å². The van der Waals surface area contributed by atoms with Gasteiger partial charge in [-0.2, -0.15) is 0 Å².